The predicted molar refractivity (Wildman–Crippen MR) is 108 cm³/mol. The number of nitrogens with zero attached hydrogens (tertiary/aromatic N) is 3. The van der Waals surface area contributed by atoms with E-state index in [1.54, 1.807) is 25.4 Å². The molecule has 2 heterocycles. The van der Waals surface area contributed by atoms with E-state index in [2.05, 4.69) is 23.1 Å². The molecule has 0 saturated heterocycles. The standard InChI is InChI=1S/C17H17FN4OS.C2H4/c1-20-17(22(2)3)15-9-12-16(24-15)14(6-7-21-12)23-13-5-4-10(19)8-11(13)18;1-2/h4-9H,19H2,1-3H3;1-2H2. The summed E-state index contributed by atoms with van der Waals surface area (Å²) in [4.78, 5) is 11.6. The van der Waals surface area contributed by atoms with Crippen LogP contribution in [-0.2, 0) is 0 Å². The van der Waals surface area contributed by atoms with Crippen LogP contribution in [0.5, 0.6) is 11.5 Å². The van der Waals surface area contributed by atoms with E-state index < -0.39 is 5.82 Å². The van der Waals surface area contributed by atoms with E-state index in [4.69, 9.17) is 10.5 Å². The topological polar surface area (TPSA) is 63.7 Å². The van der Waals surface area contributed by atoms with Gasteiger partial charge in [0.25, 0.3) is 0 Å². The minimum atomic E-state index is -0.499. The molecule has 0 bridgehead atoms. The third-order valence-corrected chi connectivity index (χ3v) is 4.54. The van der Waals surface area contributed by atoms with Crippen LogP contribution in [0.1, 0.15) is 4.88 Å². The van der Waals surface area contributed by atoms with Crippen molar-refractivity contribution >= 4 is 33.1 Å². The molecule has 0 atom stereocenters. The third-order valence-electron chi connectivity index (χ3n) is 3.41. The van der Waals surface area contributed by atoms with Crippen molar-refractivity contribution in [2.24, 2.45) is 4.99 Å². The summed E-state index contributed by atoms with van der Waals surface area (Å²) in [7, 11) is 5.61. The molecule has 2 aromatic heterocycles. The van der Waals surface area contributed by atoms with Gasteiger partial charge in [-0.25, -0.2) is 4.39 Å². The van der Waals surface area contributed by atoms with Gasteiger partial charge in [-0.1, -0.05) is 0 Å². The largest absolute Gasteiger partial charge is 0.453 e. The molecule has 26 heavy (non-hydrogen) atoms. The maximum absolute atomic E-state index is 14.0. The highest BCUT2D eigenvalue weighted by atomic mass is 32.1. The van der Waals surface area contributed by atoms with Crippen molar-refractivity contribution in [1.82, 2.24) is 9.88 Å². The highest BCUT2D eigenvalue weighted by molar-refractivity contribution is 7.21. The number of halogens is 1. The van der Waals surface area contributed by atoms with Crippen LogP contribution in [0.15, 0.2) is 54.7 Å². The van der Waals surface area contributed by atoms with Crippen molar-refractivity contribution < 1.29 is 9.13 Å². The Morgan fingerprint density at radius 3 is 2.58 bits per heavy atom. The fourth-order valence-electron chi connectivity index (χ4n) is 2.35. The Morgan fingerprint density at radius 2 is 1.96 bits per heavy atom. The lowest BCUT2D eigenvalue weighted by Gasteiger charge is -2.12. The van der Waals surface area contributed by atoms with Crippen molar-refractivity contribution in [3.63, 3.8) is 0 Å². The van der Waals surface area contributed by atoms with Gasteiger partial charge in [0, 0.05) is 45.2 Å². The molecule has 3 rings (SSSR count). The van der Waals surface area contributed by atoms with Crippen LogP contribution >= 0.6 is 11.3 Å². The zero-order valence-corrected chi connectivity index (χ0v) is 15.8. The first-order valence-electron chi connectivity index (χ1n) is 7.75. The molecule has 0 aliphatic rings. The second-order valence-electron chi connectivity index (χ2n) is 5.37. The van der Waals surface area contributed by atoms with Crippen molar-refractivity contribution in [2.75, 3.05) is 26.9 Å². The van der Waals surface area contributed by atoms with Gasteiger partial charge in [0.15, 0.2) is 11.6 Å². The summed E-state index contributed by atoms with van der Waals surface area (Å²) in [5.41, 5.74) is 6.71. The lowest BCUT2D eigenvalue weighted by molar-refractivity contribution is 0.447. The number of ether oxygens (including phenoxy) is 1. The lowest BCUT2D eigenvalue weighted by atomic mass is 10.3. The molecule has 2 N–H and O–H groups in total. The summed E-state index contributed by atoms with van der Waals surface area (Å²) in [5, 5.41) is 0. The zero-order valence-electron chi connectivity index (χ0n) is 15.0. The molecule has 0 aliphatic heterocycles. The number of amidine groups is 1. The second-order valence-corrected chi connectivity index (χ2v) is 6.42. The summed E-state index contributed by atoms with van der Waals surface area (Å²) >= 11 is 1.51. The predicted octanol–water partition coefficient (Wildman–Crippen LogP) is 4.55. The van der Waals surface area contributed by atoms with E-state index in [0.29, 0.717) is 11.4 Å². The maximum atomic E-state index is 14.0. The molecular formula is C19H21FN4OS. The molecule has 0 amide bonds. The van der Waals surface area contributed by atoms with Crippen molar-refractivity contribution in [1.29, 1.82) is 0 Å². The average Bonchev–Trinajstić information content (AvgIpc) is 3.04. The van der Waals surface area contributed by atoms with Crippen molar-refractivity contribution in [3.05, 3.63) is 60.4 Å². The van der Waals surface area contributed by atoms with Gasteiger partial charge in [-0.3, -0.25) is 9.98 Å². The number of rotatable bonds is 3. The van der Waals surface area contributed by atoms with Crippen LogP contribution < -0.4 is 10.5 Å². The smallest absolute Gasteiger partial charge is 0.167 e. The van der Waals surface area contributed by atoms with E-state index in [9.17, 15) is 4.39 Å². The van der Waals surface area contributed by atoms with Gasteiger partial charge in [-0.05, 0) is 18.2 Å². The molecule has 0 aliphatic carbocycles. The molecule has 0 spiro atoms. The Morgan fingerprint density at radius 1 is 1.23 bits per heavy atom. The highest BCUT2D eigenvalue weighted by Crippen LogP contribution is 2.36. The Hall–Kier alpha value is -2.93. The summed E-state index contributed by atoms with van der Waals surface area (Å²) < 4.78 is 20.6. The van der Waals surface area contributed by atoms with Crippen LogP contribution in [0.3, 0.4) is 0 Å². The van der Waals surface area contributed by atoms with E-state index in [0.717, 1.165) is 20.9 Å². The van der Waals surface area contributed by atoms with E-state index in [1.807, 2.05) is 25.1 Å². The first-order chi connectivity index (χ1) is 12.5. The first kappa shape index (κ1) is 19.4. The number of aliphatic imine (C=N–C) groups is 1. The van der Waals surface area contributed by atoms with Crippen LogP contribution in [-0.4, -0.2) is 36.9 Å². The molecule has 1 aromatic carbocycles. The van der Waals surface area contributed by atoms with Crippen LogP contribution in [0.4, 0.5) is 10.1 Å². The zero-order chi connectivity index (χ0) is 19.3. The summed E-state index contributed by atoms with van der Waals surface area (Å²) in [5.74, 6) is 1.03. The second kappa shape index (κ2) is 8.44. The number of thiophene rings is 1. The monoisotopic (exact) mass is 372 g/mol. The van der Waals surface area contributed by atoms with Crippen molar-refractivity contribution in [2.45, 2.75) is 0 Å². The number of nitrogen functional groups attached to an aromatic ring is 1. The quantitative estimate of drug-likeness (QED) is 0.317. The van der Waals surface area contributed by atoms with E-state index >= 15 is 0 Å². The third kappa shape index (κ3) is 4.00. The molecule has 3 aromatic rings. The Balaban J connectivity index is 0.00000117. The van der Waals surface area contributed by atoms with Crippen LogP contribution in [0.2, 0.25) is 0 Å². The molecule has 0 unspecified atom stereocenters. The van der Waals surface area contributed by atoms with Gasteiger partial charge >= 0.3 is 0 Å². The number of fused-ring (bicyclic) bond motifs is 1. The normalized spacial score (nSPS) is 11.0. The number of anilines is 1. The Kier molecular flexibility index (Phi) is 6.30. The molecule has 0 fully saturated rings. The molecule has 0 radical (unpaired) electrons. The van der Waals surface area contributed by atoms with Gasteiger partial charge in [0.05, 0.1) is 15.1 Å². The summed E-state index contributed by atoms with van der Waals surface area (Å²) in [6.45, 7) is 6.00. The number of pyridine rings is 1. The van der Waals surface area contributed by atoms with Gasteiger partial charge < -0.3 is 15.4 Å². The highest BCUT2D eigenvalue weighted by Gasteiger charge is 2.15. The van der Waals surface area contributed by atoms with Crippen LogP contribution in [0.25, 0.3) is 10.2 Å². The first-order valence-corrected chi connectivity index (χ1v) is 8.57. The SMILES string of the molecule is C=C.CN=C(c1cc2nccc(Oc3ccc(N)cc3F)c2s1)N(C)C. The Bertz CT molecular complexity index is 936. The van der Waals surface area contributed by atoms with Gasteiger partial charge in [0.2, 0.25) is 0 Å². The van der Waals surface area contributed by atoms with E-state index in [-0.39, 0.29) is 5.75 Å². The number of aromatic nitrogens is 1. The molecule has 7 heteroatoms. The lowest BCUT2D eigenvalue weighted by Crippen LogP contribution is -2.21. The number of nitrogens with two attached hydrogens (primary N) is 1. The number of benzene rings is 1. The Labute approximate surface area is 156 Å². The minimum Gasteiger partial charge on any atom is -0.453 e. The van der Waals surface area contributed by atoms with Gasteiger partial charge in [-0.15, -0.1) is 24.5 Å². The fraction of sp³-hybridized carbons (Fsp3) is 0.158. The fourth-order valence-corrected chi connectivity index (χ4v) is 3.54. The number of hydrogen-bond acceptors (Lipinski definition) is 5. The van der Waals surface area contributed by atoms with Crippen molar-refractivity contribution in [3.8, 4) is 11.5 Å². The molecule has 136 valence electrons. The summed E-state index contributed by atoms with van der Waals surface area (Å²) in [6.07, 6.45) is 1.64. The van der Waals surface area contributed by atoms with Gasteiger partial charge in [-0.2, -0.15) is 0 Å². The average molecular weight is 372 g/mol. The number of hydrogen-bond donors (Lipinski definition) is 1. The van der Waals surface area contributed by atoms with Gasteiger partial charge in [0.1, 0.15) is 11.6 Å². The molecule has 0 saturated carbocycles. The molecule has 5 nitrogen and oxygen atoms in total. The minimum absolute atomic E-state index is 0.128. The van der Waals surface area contributed by atoms with E-state index in [1.165, 1.54) is 23.5 Å². The summed E-state index contributed by atoms with van der Waals surface area (Å²) in [6, 6.07) is 8.03. The maximum Gasteiger partial charge on any atom is 0.167 e. The van der Waals surface area contributed by atoms with Crippen LogP contribution in [0, 0.1) is 5.82 Å². The molecular weight excluding hydrogens is 351 g/mol.